The summed E-state index contributed by atoms with van der Waals surface area (Å²) in [4.78, 5) is 0. The molecule has 1 N–H and O–H groups in total. The lowest BCUT2D eigenvalue weighted by atomic mass is 10.0. The first-order chi connectivity index (χ1) is 5.22. The van der Waals surface area contributed by atoms with Crippen molar-refractivity contribution < 1.29 is 9.84 Å². The molecule has 1 saturated heterocycles. The van der Waals surface area contributed by atoms with Crippen LogP contribution in [0.25, 0.3) is 0 Å². The Kier molecular flexibility index (Phi) is 2.71. The predicted octanol–water partition coefficient (Wildman–Crippen LogP) is 1.62. The maximum Gasteiger partial charge on any atom is 0.119 e. The number of rotatable bonds is 1. The van der Waals surface area contributed by atoms with Crippen LogP contribution in [-0.4, -0.2) is 17.3 Å². The van der Waals surface area contributed by atoms with Crippen LogP contribution in [0.4, 0.5) is 0 Å². The summed E-state index contributed by atoms with van der Waals surface area (Å²) in [5.41, 5.74) is 0. The van der Waals surface area contributed by atoms with Gasteiger partial charge in [-0.15, -0.1) is 0 Å². The molecule has 2 atom stereocenters. The average Bonchev–Trinajstić information content (AvgIpc) is 1.85. The topological polar surface area (TPSA) is 29.5 Å². The first-order valence-corrected chi connectivity index (χ1v) is 3.87. The highest BCUT2D eigenvalue weighted by Crippen LogP contribution is 2.21. The van der Waals surface area contributed by atoms with Gasteiger partial charge in [0.05, 0.1) is 11.9 Å². The molecule has 0 aliphatic carbocycles. The zero-order valence-corrected chi connectivity index (χ0v) is 6.79. The Balaban J connectivity index is 2.49. The smallest absolute Gasteiger partial charge is 0.119 e. The average molecular weight is 154 g/mol. The zero-order chi connectivity index (χ0) is 8.27. The van der Waals surface area contributed by atoms with E-state index < -0.39 is 0 Å². The van der Waals surface area contributed by atoms with Gasteiger partial charge in [-0.25, -0.2) is 0 Å². The molecule has 1 rings (SSSR count). The molecule has 0 aromatic carbocycles. The van der Waals surface area contributed by atoms with E-state index >= 15 is 0 Å². The molecule has 0 aromatic rings. The summed E-state index contributed by atoms with van der Waals surface area (Å²) in [6.07, 6.45) is 4.87. The standard InChI is InChI=1S/C9H14O2/c1-3-4-9-6-8(10)5-7(2)11-9/h3-4,8-10H,2,5-6H2,1H3/t8-,9?/m0/s1. The molecular formula is C9H14O2. The van der Waals surface area contributed by atoms with Gasteiger partial charge in [0.25, 0.3) is 0 Å². The summed E-state index contributed by atoms with van der Waals surface area (Å²) >= 11 is 0. The van der Waals surface area contributed by atoms with Gasteiger partial charge in [0, 0.05) is 12.8 Å². The molecule has 1 heterocycles. The molecule has 11 heavy (non-hydrogen) atoms. The molecule has 0 spiro atoms. The minimum Gasteiger partial charge on any atom is -0.491 e. The second kappa shape index (κ2) is 3.58. The number of ether oxygens (including phenoxy) is 1. The second-order valence-corrected chi connectivity index (χ2v) is 2.81. The van der Waals surface area contributed by atoms with E-state index in [4.69, 9.17) is 4.74 Å². The number of hydrogen-bond donors (Lipinski definition) is 1. The molecule has 0 aromatic heterocycles. The van der Waals surface area contributed by atoms with Crippen LogP contribution in [0, 0.1) is 0 Å². The molecule has 62 valence electrons. The largest absolute Gasteiger partial charge is 0.491 e. The molecule has 0 radical (unpaired) electrons. The van der Waals surface area contributed by atoms with Crippen molar-refractivity contribution in [1.82, 2.24) is 0 Å². The van der Waals surface area contributed by atoms with Crippen molar-refractivity contribution in [2.75, 3.05) is 0 Å². The number of aliphatic hydroxyl groups excluding tert-OH is 1. The Morgan fingerprint density at radius 1 is 1.73 bits per heavy atom. The van der Waals surface area contributed by atoms with Crippen LogP contribution in [0.1, 0.15) is 19.8 Å². The fourth-order valence-corrected chi connectivity index (χ4v) is 1.26. The SMILES string of the molecule is C=C1C[C@H](O)CC(C=CC)O1. The molecule has 0 bridgehead atoms. The van der Waals surface area contributed by atoms with Gasteiger partial charge in [0.15, 0.2) is 0 Å². The van der Waals surface area contributed by atoms with Crippen LogP contribution in [0.5, 0.6) is 0 Å². The van der Waals surface area contributed by atoms with Crippen LogP contribution in [0.2, 0.25) is 0 Å². The van der Waals surface area contributed by atoms with Gasteiger partial charge in [-0.2, -0.15) is 0 Å². The highest BCUT2D eigenvalue weighted by molar-refractivity contribution is 4.99. The van der Waals surface area contributed by atoms with E-state index in [0.717, 1.165) is 0 Å². The van der Waals surface area contributed by atoms with Gasteiger partial charge in [-0.1, -0.05) is 12.7 Å². The molecule has 2 nitrogen and oxygen atoms in total. The van der Waals surface area contributed by atoms with E-state index in [1.165, 1.54) is 0 Å². The molecule has 1 aliphatic heterocycles. The minimum atomic E-state index is -0.280. The van der Waals surface area contributed by atoms with Crippen molar-refractivity contribution >= 4 is 0 Å². The Labute approximate surface area is 67.2 Å². The first kappa shape index (κ1) is 8.34. The lowest BCUT2D eigenvalue weighted by Crippen LogP contribution is -2.25. The van der Waals surface area contributed by atoms with E-state index in [2.05, 4.69) is 6.58 Å². The second-order valence-electron chi connectivity index (χ2n) is 2.81. The number of aliphatic hydroxyl groups is 1. The van der Waals surface area contributed by atoms with Crippen molar-refractivity contribution in [1.29, 1.82) is 0 Å². The lowest BCUT2D eigenvalue weighted by molar-refractivity contribution is 0.0250. The fourth-order valence-electron chi connectivity index (χ4n) is 1.26. The van der Waals surface area contributed by atoms with Gasteiger partial charge in [0.2, 0.25) is 0 Å². The quantitative estimate of drug-likeness (QED) is 0.581. The molecule has 0 saturated carbocycles. The highest BCUT2D eigenvalue weighted by atomic mass is 16.5. The molecule has 0 amide bonds. The minimum absolute atomic E-state index is 0.0243. The van der Waals surface area contributed by atoms with Crippen molar-refractivity contribution in [2.45, 2.75) is 32.0 Å². The van der Waals surface area contributed by atoms with Crippen LogP contribution >= 0.6 is 0 Å². The third kappa shape index (κ3) is 2.39. The third-order valence-corrected chi connectivity index (χ3v) is 1.69. The third-order valence-electron chi connectivity index (χ3n) is 1.69. The van der Waals surface area contributed by atoms with Crippen molar-refractivity contribution in [3.8, 4) is 0 Å². The van der Waals surface area contributed by atoms with Gasteiger partial charge < -0.3 is 9.84 Å². The summed E-state index contributed by atoms with van der Waals surface area (Å²) in [7, 11) is 0. The summed E-state index contributed by atoms with van der Waals surface area (Å²) in [6.45, 7) is 5.62. The Morgan fingerprint density at radius 3 is 3.00 bits per heavy atom. The summed E-state index contributed by atoms with van der Waals surface area (Å²) in [6, 6.07) is 0. The molecule has 1 fully saturated rings. The molecule has 1 unspecified atom stereocenters. The summed E-state index contributed by atoms with van der Waals surface area (Å²) in [5, 5.41) is 9.30. The van der Waals surface area contributed by atoms with Crippen LogP contribution in [0.15, 0.2) is 24.5 Å². The zero-order valence-electron chi connectivity index (χ0n) is 6.79. The Hall–Kier alpha value is -0.760. The lowest BCUT2D eigenvalue weighted by Gasteiger charge is -2.26. The maximum absolute atomic E-state index is 9.30. The molecular weight excluding hydrogens is 140 g/mol. The van der Waals surface area contributed by atoms with Gasteiger partial charge >= 0.3 is 0 Å². The Bertz CT molecular complexity index is 172. The number of hydrogen-bond acceptors (Lipinski definition) is 2. The van der Waals surface area contributed by atoms with E-state index in [9.17, 15) is 5.11 Å². The Morgan fingerprint density at radius 2 is 2.45 bits per heavy atom. The monoisotopic (exact) mass is 154 g/mol. The normalized spacial score (nSPS) is 32.4. The predicted molar refractivity (Wildman–Crippen MR) is 44.1 cm³/mol. The maximum atomic E-state index is 9.30. The van der Waals surface area contributed by atoms with Crippen LogP contribution in [-0.2, 0) is 4.74 Å². The van der Waals surface area contributed by atoms with E-state index in [1.807, 2.05) is 19.1 Å². The molecule has 1 aliphatic rings. The van der Waals surface area contributed by atoms with Crippen molar-refractivity contribution in [2.24, 2.45) is 0 Å². The molecule has 2 heteroatoms. The van der Waals surface area contributed by atoms with Gasteiger partial charge in [-0.3, -0.25) is 0 Å². The summed E-state index contributed by atoms with van der Waals surface area (Å²) in [5.74, 6) is 0.687. The van der Waals surface area contributed by atoms with Gasteiger partial charge in [0.1, 0.15) is 6.10 Å². The van der Waals surface area contributed by atoms with Crippen LogP contribution in [0.3, 0.4) is 0 Å². The fraction of sp³-hybridized carbons (Fsp3) is 0.556. The van der Waals surface area contributed by atoms with Gasteiger partial charge in [-0.05, 0) is 13.0 Å². The first-order valence-electron chi connectivity index (χ1n) is 3.87. The van der Waals surface area contributed by atoms with E-state index in [0.29, 0.717) is 18.6 Å². The van der Waals surface area contributed by atoms with E-state index in [-0.39, 0.29) is 12.2 Å². The number of allylic oxidation sites excluding steroid dienone is 1. The van der Waals surface area contributed by atoms with Crippen molar-refractivity contribution in [3.05, 3.63) is 24.5 Å². The van der Waals surface area contributed by atoms with E-state index in [1.54, 1.807) is 0 Å². The summed E-state index contributed by atoms with van der Waals surface area (Å²) < 4.78 is 5.36. The van der Waals surface area contributed by atoms with Crippen LogP contribution < -0.4 is 0 Å². The van der Waals surface area contributed by atoms with Crippen molar-refractivity contribution in [3.63, 3.8) is 0 Å². The highest BCUT2D eigenvalue weighted by Gasteiger charge is 2.20.